The lowest BCUT2D eigenvalue weighted by atomic mass is 10.1. The zero-order valence-electron chi connectivity index (χ0n) is 10.0. The predicted octanol–water partition coefficient (Wildman–Crippen LogP) is 1.99. The number of hydrogen-bond acceptors (Lipinski definition) is 2. The summed E-state index contributed by atoms with van der Waals surface area (Å²) >= 11 is 11.4. The Hall–Kier alpha value is -1.26. The molecule has 0 aliphatic rings. The van der Waals surface area contributed by atoms with Crippen LogP contribution in [-0.4, -0.2) is 22.8 Å². The van der Waals surface area contributed by atoms with E-state index in [1.807, 2.05) is 19.1 Å². The van der Waals surface area contributed by atoms with Crippen molar-refractivity contribution in [1.82, 2.24) is 10.6 Å². The van der Waals surface area contributed by atoms with Gasteiger partial charge in [-0.1, -0.05) is 17.7 Å². The van der Waals surface area contributed by atoms with E-state index in [9.17, 15) is 9.59 Å². The molecule has 0 saturated heterocycles. The summed E-state index contributed by atoms with van der Waals surface area (Å²) in [6, 6.07) is 7.02. The zero-order valence-corrected chi connectivity index (χ0v) is 11.5. The van der Waals surface area contributed by atoms with Gasteiger partial charge in [0.05, 0.1) is 0 Å². The Kier molecular flexibility index (Phi) is 5.44. The van der Waals surface area contributed by atoms with Gasteiger partial charge in [-0.2, -0.15) is 0 Å². The zero-order chi connectivity index (χ0) is 13.7. The number of carbonyl (C=O) groups is 2. The van der Waals surface area contributed by atoms with E-state index in [0.29, 0.717) is 5.56 Å². The van der Waals surface area contributed by atoms with E-state index in [0.717, 1.165) is 5.56 Å². The molecule has 0 fully saturated rings. The molecule has 1 atom stereocenters. The first-order valence-corrected chi connectivity index (χ1v) is 6.20. The van der Waals surface area contributed by atoms with Crippen molar-refractivity contribution in [3.63, 3.8) is 0 Å². The first kappa shape index (κ1) is 14.8. The molecule has 0 spiro atoms. The third-order valence-electron chi connectivity index (χ3n) is 2.21. The van der Waals surface area contributed by atoms with Gasteiger partial charge in [-0.3, -0.25) is 9.59 Å². The number of rotatable bonds is 4. The summed E-state index contributed by atoms with van der Waals surface area (Å²) in [7, 11) is 0. The Morgan fingerprint density at radius 2 is 1.67 bits per heavy atom. The van der Waals surface area contributed by atoms with Crippen molar-refractivity contribution < 1.29 is 9.59 Å². The Morgan fingerprint density at radius 1 is 1.11 bits per heavy atom. The van der Waals surface area contributed by atoms with Crippen LogP contribution < -0.4 is 10.6 Å². The van der Waals surface area contributed by atoms with Crippen LogP contribution in [0, 0.1) is 6.92 Å². The second-order valence-electron chi connectivity index (χ2n) is 3.85. The molecule has 1 aromatic carbocycles. The first-order valence-electron chi connectivity index (χ1n) is 5.33. The highest BCUT2D eigenvalue weighted by Crippen LogP contribution is 2.08. The molecule has 4 nitrogen and oxygen atoms in total. The minimum atomic E-state index is -0.928. The number of alkyl halides is 2. The van der Waals surface area contributed by atoms with Gasteiger partial charge in [0, 0.05) is 12.5 Å². The molecular weight excluding hydrogens is 275 g/mol. The maximum atomic E-state index is 11.9. The molecule has 0 radical (unpaired) electrons. The van der Waals surface area contributed by atoms with Crippen LogP contribution in [0.2, 0.25) is 0 Å². The molecular formula is C12H14Cl2N2O2. The summed E-state index contributed by atoms with van der Waals surface area (Å²) in [5, 5.41) is 5.01. The molecule has 2 amide bonds. The topological polar surface area (TPSA) is 58.2 Å². The van der Waals surface area contributed by atoms with Crippen molar-refractivity contribution in [1.29, 1.82) is 0 Å². The van der Waals surface area contributed by atoms with Crippen molar-refractivity contribution in [2.45, 2.75) is 24.8 Å². The highest BCUT2D eigenvalue weighted by Gasteiger charge is 2.20. The van der Waals surface area contributed by atoms with Gasteiger partial charge in [0.25, 0.3) is 5.91 Å². The molecule has 0 unspecified atom stereocenters. The fraction of sp³-hybridized carbons (Fsp3) is 0.333. The van der Waals surface area contributed by atoms with Crippen LogP contribution >= 0.6 is 23.2 Å². The quantitative estimate of drug-likeness (QED) is 0.658. The molecule has 0 aliphatic carbocycles. The molecule has 1 aromatic rings. The first-order chi connectivity index (χ1) is 8.40. The van der Waals surface area contributed by atoms with Gasteiger partial charge in [0.15, 0.2) is 0 Å². The lowest BCUT2D eigenvalue weighted by Gasteiger charge is -2.20. The molecule has 98 valence electrons. The van der Waals surface area contributed by atoms with Crippen molar-refractivity contribution in [2.75, 3.05) is 0 Å². The van der Waals surface area contributed by atoms with E-state index in [2.05, 4.69) is 10.6 Å². The number of benzene rings is 1. The summed E-state index contributed by atoms with van der Waals surface area (Å²) in [5.74, 6) is -0.671. The van der Waals surface area contributed by atoms with Crippen molar-refractivity contribution in [2.24, 2.45) is 0 Å². The van der Waals surface area contributed by atoms with Crippen LogP contribution in [0.4, 0.5) is 0 Å². The summed E-state index contributed by atoms with van der Waals surface area (Å²) < 4.78 is 0. The fourth-order valence-corrected chi connectivity index (χ4v) is 1.56. The van der Waals surface area contributed by atoms with Gasteiger partial charge in [-0.05, 0) is 19.1 Å². The maximum Gasteiger partial charge on any atom is 0.252 e. The lowest BCUT2D eigenvalue weighted by molar-refractivity contribution is -0.119. The fourth-order valence-electron chi connectivity index (χ4n) is 1.31. The molecule has 0 aromatic heterocycles. The summed E-state index contributed by atoms with van der Waals surface area (Å²) in [6.07, 6.45) is -0.820. The number of hydrogen-bond donors (Lipinski definition) is 2. The van der Waals surface area contributed by atoms with Gasteiger partial charge in [-0.25, -0.2) is 0 Å². The number of aryl methyl sites for hydroxylation is 1. The van der Waals surface area contributed by atoms with Crippen LogP contribution in [0.5, 0.6) is 0 Å². The molecule has 0 bridgehead atoms. The summed E-state index contributed by atoms with van der Waals surface area (Å²) in [5.41, 5.74) is 1.53. The highest BCUT2D eigenvalue weighted by atomic mass is 35.5. The standard InChI is InChI=1S/C12H14Cl2N2O2/c1-7-3-5-9(6-4-7)12(18)16-11(10(13)14)15-8(2)17/h3-6,10-11H,1-2H3,(H,15,17)(H,16,18)/t11-/m1/s1. The van der Waals surface area contributed by atoms with Crippen molar-refractivity contribution >= 4 is 35.0 Å². The minimum absolute atomic E-state index is 0.324. The van der Waals surface area contributed by atoms with E-state index in [-0.39, 0.29) is 11.8 Å². The van der Waals surface area contributed by atoms with Crippen LogP contribution in [0.15, 0.2) is 24.3 Å². The van der Waals surface area contributed by atoms with Gasteiger partial charge in [0.2, 0.25) is 5.91 Å². The molecule has 0 aliphatic heterocycles. The van der Waals surface area contributed by atoms with E-state index >= 15 is 0 Å². The van der Waals surface area contributed by atoms with E-state index < -0.39 is 11.0 Å². The number of carbonyl (C=O) groups excluding carboxylic acids is 2. The van der Waals surface area contributed by atoms with Gasteiger partial charge in [-0.15, -0.1) is 23.2 Å². The Morgan fingerprint density at radius 3 is 2.11 bits per heavy atom. The summed E-state index contributed by atoms with van der Waals surface area (Å²) in [6.45, 7) is 3.25. The second kappa shape index (κ2) is 6.61. The molecule has 18 heavy (non-hydrogen) atoms. The smallest absolute Gasteiger partial charge is 0.252 e. The van der Waals surface area contributed by atoms with Crippen LogP contribution in [-0.2, 0) is 4.79 Å². The van der Waals surface area contributed by atoms with Crippen LogP contribution in [0.25, 0.3) is 0 Å². The van der Waals surface area contributed by atoms with Crippen LogP contribution in [0.3, 0.4) is 0 Å². The average molecular weight is 289 g/mol. The highest BCUT2D eigenvalue weighted by molar-refractivity contribution is 6.44. The number of amides is 2. The van der Waals surface area contributed by atoms with Crippen molar-refractivity contribution in [3.8, 4) is 0 Å². The normalized spacial score (nSPS) is 12.1. The minimum Gasteiger partial charge on any atom is -0.334 e. The molecule has 0 heterocycles. The third kappa shape index (κ3) is 4.55. The number of nitrogens with one attached hydrogen (secondary N) is 2. The second-order valence-corrected chi connectivity index (χ2v) is 5.02. The van der Waals surface area contributed by atoms with Gasteiger partial charge < -0.3 is 10.6 Å². The molecule has 1 rings (SSSR count). The van der Waals surface area contributed by atoms with Gasteiger partial charge in [0.1, 0.15) is 11.0 Å². The molecule has 2 N–H and O–H groups in total. The Labute approximate surface area is 116 Å². The summed E-state index contributed by atoms with van der Waals surface area (Å²) in [4.78, 5) is 21.9. The number of halogens is 2. The molecule has 6 heteroatoms. The van der Waals surface area contributed by atoms with E-state index in [1.165, 1.54) is 6.92 Å². The average Bonchev–Trinajstić information content (AvgIpc) is 2.28. The monoisotopic (exact) mass is 288 g/mol. The maximum absolute atomic E-state index is 11.9. The van der Waals surface area contributed by atoms with Crippen LogP contribution in [0.1, 0.15) is 22.8 Å². The Balaban J connectivity index is 2.72. The van der Waals surface area contributed by atoms with E-state index in [4.69, 9.17) is 23.2 Å². The largest absolute Gasteiger partial charge is 0.334 e. The lowest BCUT2D eigenvalue weighted by Crippen LogP contribution is -2.51. The van der Waals surface area contributed by atoms with E-state index in [1.54, 1.807) is 12.1 Å². The van der Waals surface area contributed by atoms with Gasteiger partial charge >= 0.3 is 0 Å². The predicted molar refractivity (Wildman–Crippen MR) is 71.7 cm³/mol. The Bertz CT molecular complexity index is 432. The molecule has 0 saturated carbocycles. The van der Waals surface area contributed by atoms with Crippen molar-refractivity contribution in [3.05, 3.63) is 35.4 Å². The SMILES string of the molecule is CC(=O)N[C@H](NC(=O)c1ccc(C)cc1)C(Cl)Cl. The third-order valence-corrected chi connectivity index (χ3v) is 2.72.